The van der Waals surface area contributed by atoms with E-state index < -0.39 is 10.9 Å². The molecule has 25 heavy (non-hydrogen) atoms. The fourth-order valence-corrected chi connectivity index (χ4v) is 3.48. The number of carbonyl (C=O) groups excluding carboxylic acids is 1. The number of phenolic OH excluding ortho intramolecular Hbond substituents is 1. The van der Waals surface area contributed by atoms with Gasteiger partial charge in [0.05, 0.1) is 6.61 Å². The van der Waals surface area contributed by atoms with E-state index in [1.807, 2.05) is 62.6 Å². The molecule has 1 N–H and O–H groups in total. The van der Waals surface area contributed by atoms with Gasteiger partial charge >= 0.3 is 5.30 Å². The molecule has 0 bridgehead atoms. The molecule has 0 fully saturated rings. The predicted molar refractivity (Wildman–Crippen MR) is 104 cm³/mol. The first-order chi connectivity index (χ1) is 12.0. The average molecular weight is 362 g/mol. The fourth-order valence-electron chi connectivity index (χ4n) is 2.41. The van der Waals surface area contributed by atoms with Crippen molar-refractivity contribution in [2.24, 2.45) is 0 Å². The quantitative estimate of drug-likeness (QED) is 0.424. The van der Waals surface area contributed by atoms with Gasteiger partial charge < -0.3 is 14.6 Å². The molecular formula is C20H26O4S. The van der Waals surface area contributed by atoms with Crippen molar-refractivity contribution in [3.8, 4) is 11.5 Å². The number of carbonyl (C=O) groups is 1. The SMILES string of the molecule is Cc1cc(OCCC[SH](C)C(=O)OCc2ccccc2)cc(C)c1O. The average Bonchev–Trinajstić information content (AvgIpc) is 2.61. The maximum Gasteiger partial charge on any atom is 0.347 e. The zero-order chi connectivity index (χ0) is 18.2. The second-order valence-electron chi connectivity index (χ2n) is 6.07. The van der Waals surface area contributed by atoms with Crippen molar-refractivity contribution >= 4 is 16.2 Å². The van der Waals surface area contributed by atoms with Crippen molar-refractivity contribution in [2.75, 3.05) is 18.6 Å². The van der Waals surface area contributed by atoms with Crippen LogP contribution in [0.15, 0.2) is 42.5 Å². The standard InChI is InChI=1S/C20H26O4S/c1-15-12-18(13-16(2)19(15)21)23-10-7-11-25(3)20(22)24-14-17-8-5-4-6-9-17/h4-6,8-9,12-13,21,25H,7,10-11,14H2,1-3H3. The van der Waals surface area contributed by atoms with E-state index in [0.29, 0.717) is 19.0 Å². The molecule has 0 aliphatic rings. The van der Waals surface area contributed by atoms with Gasteiger partial charge in [-0.2, -0.15) is 10.9 Å². The molecule has 4 nitrogen and oxygen atoms in total. The summed E-state index contributed by atoms with van der Waals surface area (Å²) in [5.74, 6) is 1.84. The highest BCUT2D eigenvalue weighted by molar-refractivity contribution is 8.28. The summed E-state index contributed by atoms with van der Waals surface area (Å²) in [7, 11) is -0.817. The molecule has 2 rings (SSSR count). The largest absolute Gasteiger partial charge is 0.507 e. The van der Waals surface area contributed by atoms with Crippen LogP contribution in [0.3, 0.4) is 0 Å². The lowest BCUT2D eigenvalue weighted by Gasteiger charge is -2.15. The highest BCUT2D eigenvalue weighted by atomic mass is 32.2. The highest BCUT2D eigenvalue weighted by Gasteiger charge is 2.11. The van der Waals surface area contributed by atoms with E-state index in [9.17, 15) is 9.90 Å². The first-order valence-electron chi connectivity index (χ1n) is 8.32. The normalized spacial score (nSPS) is 12.5. The summed E-state index contributed by atoms with van der Waals surface area (Å²) in [6.07, 6.45) is 2.74. The molecule has 0 heterocycles. The van der Waals surface area contributed by atoms with Crippen molar-refractivity contribution in [1.82, 2.24) is 0 Å². The molecule has 0 saturated carbocycles. The third-order valence-electron chi connectivity index (χ3n) is 3.89. The molecule has 1 atom stereocenters. The highest BCUT2D eigenvalue weighted by Crippen LogP contribution is 2.28. The molecule has 2 aromatic rings. The number of benzene rings is 2. The minimum atomic E-state index is -0.817. The van der Waals surface area contributed by atoms with Crippen LogP contribution >= 0.6 is 10.9 Å². The van der Waals surface area contributed by atoms with E-state index in [0.717, 1.165) is 34.6 Å². The smallest absolute Gasteiger partial charge is 0.347 e. The maximum absolute atomic E-state index is 12.0. The lowest BCUT2D eigenvalue weighted by molar-refractivity contribution is 0.168. The van der Waals surface area contributed by atoms with Gasteiger partial charge in [-0.05, 0) is 61.1 Å². The fraction of sp³-hybridized carbons (Fsp3) is 0.350. The first-order valence-corrected chi connectivity index (χ1v) is 10.3. The van der Waals surface area contributed by atoms with E-state index in [2.05, 4.69) is 0 Å². The number of rotatable bonds is 7. The van der Waals surface area contributed by atoms with Gasteiger partial charge in [-0.25, -0.2) is 4.79 Å². The van der Waals surface area contributed by atoms with Crippen molar-refractivity contribution in [3.63, 3.8) is 0 Å². The second kappa shape index (κ2) is 9.37. The van der Waals surface area contributed by atoms with Crippen LogP contribution in [0, 0.1) is 13.8 Å². The van der Waals surface area contributed by atoms with E-state index >= 15 is 0 Å². The van der Waals surface area contributed by atoms with Gasteiger partial charge in [-0.15, -0.1) is 0 Å². The number of hydrogen-bond acceptors (Lipinski definition) is 4. The van der Waals surface area contributed by atoms with Crippen LogP contribution in [0.2, 0.25) is 0 Å². The second-order valence-corrected chi connectivity index (χ2v) is 8.28. The first kappa shape index (κ1) is 19.2. The third-order valence-corrected chi connectivity index (χ3v) is 5.63. The Bertz CT molecular complexity index is 677. The van der Waals surface area contributed by atoms with Gasteiger partial charge in [0, 0.05) is 0 Å². The number of thiol groups is 1. The molecule has 5 heteroatoms. The van der Waals surface area contributed by atoms with Crippen LogP contribution in [0.25, 0.3) is 0 Å². The van der Waals surface area contributed by atoms with E-state index in [4.69, 9.17) is 9.47 Å². The van der Waals surface area contributed by atoms with Crippen molar-refractivity contribution in [3.05, 3.63) is 59.2 Å². The van der Waals surface area contributed by atoms with E-state index in [1.54, 1.807) is 0 Å². The van der Waals surface area contributed by atoms with Crippen molar-refractivity contribution in [1.29, 1.82) is 0 Å². The Balaban J connectivity index is 1.69. The Morgan fingerprint density at radius 2 is 1.76 bits per heavy atom. The molecule has 0 spiro atoms. The van der Waals surface area contributed by atoms with Gasteiger partial charge in [0.2, 0.25) is 0 Å². The Labute approximate surface area is 152 Å². The molecular weight excluding hydrogens is 336 g/mol. The van der Waals surface area contributed by atoms with Crippen LogP contribution in [0.4, 0.5) is 4.79 Å². The number of aromatic hydroxyl groups is 1. The van der Waals surface area contributed by atoms with Crippen molar-refractivity contribution < 1.29 is 19.4 Å². The maximum atomic E-state index is 12.0. The number of aryl methyl sites for hydroxylation is 2. The number of hydrogen-bond donors (Lipinski definition) is 2. The summed E-state index contributed by atoms with van der Waals surface area (Å²) < 4.78 is 11.1. The summed E-state index contributed by atoms with van der Waals surface area (Å²) in [6, 6.07) is 13.3. The molecule has 136 valence electrons. The Hall–Kier alpha value is -2.14. The molecule has 0 aliphatic heterocycles. The summed E-state index contributed by atoms with van der Waals surface area (Å²) in [4.78, 5) is 12.0. The van der Waals surface area contributed by atoms with Gasteiger partial charge in [-0.3, -0.25) is 0 Å². The lowest BCUT2D eigenvalue weighted by Crippen LogP contribution is -2.08. The zero-order valence-corrected chi connectivity index (χ0v) is 15.9. The molecule has 1 unspecified atom stereocenters. The Morgan fingerprint density at radius 1 is 1.12 bits per heavy atom. The zero-order valence-electron chi connectivity index (χ0n) is 15.0. The van der Waals surface area contributed by atoms with E-state index in [1.165, 1.54) is 0 Å². The van der Waals surface area contributed by atoms with Crippen molar-refractivity contribution in [2.45, 2.75) is 26.9 Å². The summed E-state index contributed by atoms with van der Waals surface area (Å²) >= 11 is 0. The Kier molecular flexibility index (Phi) is 7.19. The van der Waals surface area contributed by atoms with Gasteiger partial charge in [0.1, 0.15) is 18.1 Å². The van der Waals surface area contributed by atoms with Gasteiger partial charge in [0.25, 0.3) is 0 Å². The molecule has 0 aliphatic carbocycles. The topological polar surface area (TPSA) is 55.8 Å². The third kappa shape index (κ3) is 6.02. The summed E-state index contributed by atoms with van der Waals surface area (Å²) in [5, 5.41) is 9.65. The minimum absolute atomic E-state index is 0.116. The lowest BCUT2D eigenvalue weighted by atomic mass is 10.1. The van der Waals surface area contributed by atoms with Gasteiger partial charge in [-0.1, -0.05) is 30.3 Å². The monoisotopic (exact) mass is 362 g/mol. The summed E-state index contributed by atoms with van der Waals surface area (Å²) in [5.41, 5.74) is 2.61. The number of phenols is 1. The van der Waals surface area contributed by atoms with E-state index in [-0.39, 0.29) is 5.30 Å². The van der Waals surface area contributed by atoms with Crippen LogP contribution in [-0.4, -0.2) is 29.0 Å². The van der Waals surface area contributed by atoms with Crippen LogP contribution in [-0.2, 0) is 11.3 Å². The predicted octanol–water partition coefficient (Wildman–Crippen LogP) is 4.75. The Morgan fingerprint density at radius 3 is 2.40 bits per heavy atom. The van der Waals surface area contributed by atoms with Crippen LogP contribution in [0.5, 0.6) is 11.5 Å². The molecule has 2 aromatic carbocycles. The minimum Gasteiger partial charge on any atom is -0.507 e. The molecule has 0 amide bonds. The molecule has 0 radical (unpaired) electrons. The molecule has 0 aromatic heterocycles. The number of ether oxygens (including phenoxy) is 2. The van der Waals surface area contributed by atoms with Crippen LogP contribution < -0.4 is 4.74 Å². The molecule has 0 saturated heterocycles. The van der Waals surface area contributed by atoms with Crippen LogP contribution in [0.1, 0.15) is 23.1 Å². The summed E-state index contributed by atoms with van der Waals surface area (Å²) in [6.45, 7) is 4.57. The van der Waals surface area contributed by atoms with Gasteiger partial charge in [0.15, 0.2) is 0 Å².